The Balaban J connectivity index is 1.90. The Bertz CT molecular complexity index is 778. The molecule has 0 fully saturated rings. The van der Waals surface area contributed by atoms with Gasteiger partial charge < -0.3 is 19.3 Å². The van der Waals surface area contributed by atoms with Crippen molar-refractivity contribution in [3.05, 3.63) is 46.8 Å². The number of esters is 1. The number of amides is 1. The fraction of sp³-hybridized carbons (Fsp3) is 0.450. The van der Waals surface area contributed by atoms with Gasteiger partial charge in [-0.15, -0.1) is 0 Å². The van der Waals surface area contributed by atoms with E-state index in [1.807, 2.05) is 34.6 Å². The molecule has 27 heavy (non-hydrogen) atoms. The van der Waals surface area contributed by atoms with Gasteiger partial charge in [-0.2, -0.15) is 0 Å². The minimum atomic E-state index is -0.579. The second-order valence-electron chi connectivity index (χ2n) is 6.80. The number of aryl methyl sites for hydroxylation is 2. The second-order valence-corrected chi connectivity index (χ2v) is 6.80. The molecule has 0 saturated carbocycles. The van der Waals surface area contributed by atoms with Gasteiger partial charge in [-0.1, -0.05) is 25.1 Å². The molecule has 0 bridgehead atoms. The molecule has 7 heteroatoms. The van der Waals surface area contributed by atoms with Crippen molar-refractivity contribution in [1.29, 1.82) is 0 Å². The van der Waals surface area contributed by atoms with Gasteiger partial charge in [-0.05, 0) is 44.9 Å². The van der Waals surface area contributed by atoms with E-state index in [0.29, 0.717) is 23.0 Å². The molecule has 0 radical (unpaired) electrons. The van der Waals surface area contributed by atoms with Crippen LogP contribution >= 0.6 is 0 Å². The average Bonchev–Trinajstić information content (AvgIpc) is 2.96. The van der Waals surface area contributed by atoms with Crippen molar-refractivity contribution < 1.29 is 23.6 Å². The maximum Gasteiger partial charge on any atom is 0.338 e. The lowest BCUT2D eigenvalue weighted by Gasteiger charge is -2.17. The van der Waals surface area contributed by atoms with E-state index in [2.05, 4.69) is 10.5 Å². The minimum absolute atomic E-state index is 0.0113. The van der Waals surface area contributed by atoms with Crippen molar-refractivity contribution in [3.63, 3.8) is 0 Å². The smallest absolute Gasteiger partial charge is 0.338 e. The number of benzene rings is 1. The lowest BCUT2D eigenvalue weighted by Crippen LogP contribution is -2.38. The molecule has 2 aromatic rings. The van der Waals surface area contributed by atoms with Crippen LogP contribution in [-0.2, 0) is 16.1 Å². The first-order valence-electron chi connectivity index (χ1n) is 8.89. The van der Waals surface area contributed by atoms with Crippen LogP contribution in [0.5, 0.6) is 5.75 Å². The van der Waals surface area contributed by atoms with E-state index >= 15 is 0 Å². The number of nitrogens with zero attached hydrogens (tertiary/aromatic N) is 1. The third kappa shape index (κ3) is 5.84. The molecule has 2 rings (SSSR count). The Hall–Kier alpha value is -2.83. The number of ether oxygens (including phenoxy) is 2. The fourth-order valence-electron chi connectivity index (χ4n) is 2.25. The molecular weight excluding hydrogens is 348 g/mol. The van der Waals surface area contributed by atoms with Crippen LogP contribution in [0, 0.1) is 19.8 Å². The number of carbonyl (C=O) groups excluding carboxylic acids is 2. The maximum absolute atomic E-state index is 12.2. The Morgan fingerprint density at radius 3 is 2.59 bits per heavy atom. The van der Waals surface area contributed by atoms with Gasteiger partial charge in [0.05, 0.1) is 16.8 Å². The van der Waals surface area contributed by atoms with Crippen molar-refractivity contribution in [2.45, 2.75) is 47.3 Å². The summed E-state index contributed by atoms with van der Waals surface area (Å²) >= 11 is 0. The molecule has 0 aliphatic carbocycles. The first kappa shape index (κ1) is 20.5. The van der Waals surface area contributed by atoms with E-state index in [1.54, 1.807) is 24.3 Å². The van der Waals surface area contributed by atoms with E-state index in [0.717, 1.165) is 11.3 Å². The maximum atomic E-state index is 12.2. The predicted octanol–water partition coefficient (Wildman–Crippen LogP) is 3.19. The average molecular weight is 374 g/mol. The molecule has 0 saturated heterocycles. The first-order chi connectivity index (χ1) is 12.8. The zero-order valence-electron chi connectivity index (χ0n) is 16.4. The molecule has 1 amide bonds. The van der Waals surface area contributed by atoms with Gasteiger partial charge in [0.25, 0.3) is 5.91 Å². The molecule has 0 aliphatic rings. The van der Waals surface area contributed by atoms with E-state index in [-0.39, 0.29) is 25.2 Å². The van der Waals surface area contributed by atoms with Crippen molar-refractivity contribution in [1.82, 2.24) is 10.5 Å². The number of hydrogen-bond donors (Lipinski definition) is 1. The molecule has 1 heterocycles. The van der Waals surface area contributed by atoms with Crippen LogP contribution in [0.25, 0.3) is 0 Å². The summed E-state index contributed by atoms with van der Waals surface area (Å²) in [5.74, 6) is 0.615. The Morgan fingerprint density at radius 2 is 1.96 bits per heavy atom. The Kier molecular flexibility index (Phi) is 6.98. The fourth-order valence-corrected chi connectivity index (χ4v) is 2.25. The summed E-state index contributed by atoms with van der Waals surface area (Å²) in [6.07, 6.45) is 0. The third-order valence-corrected chi connectivity index (χ3v) is 4.36. The summed E-state index contributed by atoms with van der Waals surface area (Å²) < 4.78 is 15.9. The summed E-state index contributed by atoms with van der Waals surface area (Å²) in [4.78, 5) is 24.0. The Morgan fingerprint density at radius 1 is 1.22 bits per heavy atom. The number of rotatable bonds is 8. The van der Waals surface area contributed by atoms with Gasteiger partial charge in [0, 0.05) is 6.04 Å². The summed E-state index contributed by atoms with van der Waals surface area (Å²) in [6.45, 7) is 9.54. The monoisotopic (exact) mass is 374 g/mol. The summed E-state index contributed by atoms with van der Waals surface area (Å²) in [5, 5.41) is 6.67. The van der Waals surface area contributed by atoms with E-state index in [9.17, 15) is 9.59 Å². The minimum Gasteiger partial charge on any atom is -0.489 e. The highest BCUT2D eigenvalue weighted by Gasteiger charge is 2.15. The van der Waals surface area contributed by atoms with Crippen LogP contribution in [0.1, 0.15) is 48.1 Å². The number of carbonyl (C=O) groups is 2. The number of hydrogen-bond acceptors (Lipinski definition) is 6. The molecule has 1 unspecified atom stereocenters. The standard InChI is InChI=1S/C20H26N2O5/c1-12(2)13(3)21-19(23)11-26-20(24)16-7-6-8-17(9-16)25-10-18-14(4)22-27-15(18)5/h6-9,12-13H,10-11H2,1-5H3,(H,21,23). The van der Waals surface area contributed by atoms with Crippen LogP contribution in [-0.4, -0.2) is 29.7 Å². The zero-order chi connectivity index (χ0) is 20.0. The SMILES string of the molecule is Cc1noc(C)c1COc1cccc(C(=O)OCC(=O)NC(C)C(C)C)c1. The summed E-state index contributed by atoms with van der Waals surface area (Å²) in [6, 6.07) is 6.64. The zero-order valence-corrected chi connectivity index (χ0v) is 16.4. The molecule has 0 spiro atoms. The van der Waals surface area contributed by atoms with Gasteiger partial charge in [-0.3, -0.25) is 4.79 Å². The largest absolute Gasteiger partial charge is 0.489 e. The van der Waals surface area contributed by atoms with Crippen LogP contribution < -0.4 is 10.1 Å². The van der Waals surface area contributed by atoms with Crippen molar-refractivity contribution >= 4 is 11.9 Å². The van der Waals surface area contributed by atoms with E-state index < -0.39 is 5.97 Å². The third-order valence-electron chi connectivity index (χ3n) is 4.36. The molecule has 146 valence electrons. The molecule has 1 N–H and O–H groups in total. The Labute approximate surface area is 159 Å². The highest BCUT2D eigenvalue weighted by molar-refractivity contribution is 5.91. The highest BCUT2D eigenvalue weighted by atomic mass is 16.5. The van der Waals surface area contributed by atoms with Crippen LogP contribution in [0.15, 0.2) is 28.8 Å². The van der Waals surface area contributed by atoms with Gasteiger partial charge in [-0.25, -0.2) is 4.79 Å². The molecular formula is C20H26N2O5. The molecule has 1 aromatic carbocycles. The summed E-state index contributed by atoms with van der Waals surface area (Å²) in [7, 11) is 0. The van der Waals surface area contributed by atoms with Gasteiger partial charge in [0.15, 0.2) is 6.61 Å². The number of aromatic nitrogens is 1. The molecule has 1 atom stereocenters. The van der Waals surface area contributed by atoms with Crippen LogP contribution in [0.3, 0.4) is 0 Å². The van der Waals surface area contributed by atoms with Gasteiger partial charge >= 0.3 is 5.97 Å². The molecule has 0 aliphatic heterocycles. The molecule has 1 aromatic heterocycles. The van der Waals surface area contributed by atoms with E-state index in [4.69, 9.17) is 14.0 Å². The first-order valence-corrected chi connectivity index (χ1v) is 8.89. The van der Waals surface area contributed by atoms with Gasteiger partial charge in [0.1, 0.15) is 18.1 Å². The summed E-state index contributed by atoms with van der Waals surface area (Å²) in [5.41, 5.74) is 1.96. The quantitative estimate of drug-likeness (QED) is 0.714. The highest BCUT2D eigenvalue weighted by Crippen LogP contribution is 2.19. The molecule has 7 nitrogen and oxygen atoms in total. The van der Waals surface area contributed by atoms with Crippen molar-refractivity contribution in [2.75, 3.05) is 6.61 Å². The van der Waals surface area contributed by atoms with E-state index in [1.165, 1.54) is 0 Å². The number of nitrogens with one attached hydrogen (secondary N) is 1. The topological polar surface area (TPSA) is 90.7 Å². The van der Waals surface area contributed by atoms with Crippen molar-refractivity contribution in [3.8, 4) is 5.75 Å². The van der Waals surface area contributed by atoms with Crippen LogP contribution in [0.2, 0.25) is 0 Å². The van der Waals surface area contributed by atoms with Crippen molar-refractivity contribution in [2.24, 2.45) is 5.92 Å². The van der Waals surface area contributed by atoms with Crippen LogP contribution in [0.4, 0.5) is 0 Å². The predicted molar refractivity (Wildman–Crippen MR) is 99.5 cm³/mol. The lowest BCUT2D eigenvalue weighted by molar-refractivity contribution is -0.125. The normalized spacial score (nSPS) is 11.9. The second kappa shape index (κ2) is 9.21. The van der Waals surface area contributed by atoms with Gasteiger partial charge in [0.2, 0.25) is 0 Å². The lowest BCUT2D eigenvalue weighted by atomic mass is 10.1.